The average molecular weight is 336 g/mol. The first kappa shape index (κ1) is 17.2. The number of amides is 1. The third-order valence-electron chi connectivity index (χ3n) is 4.81. The molecule has 0 saturated heterocycles. The minimum Gasteiger partial charge on any atom is -0.350 e. The van der Waals surface area contributed by atoms with Gasteiger partial charge in [-0.3, -0.25) is 9.59 Å². The minimum atomic E-state index is -0.148. The van der Waals surface area contributed by atoms with E-state index >= 15 is 0 Å². The Kier molecular flexibility index (Phi) is 4.62. The molecule has 0 saturated carbocycles. The van der Waals surface area contributed by atoms with E-state index in [9.17, 15) is 9.59 Å². The van der Waals surface area contributed by atoms with Gasteiger partial charge < -0.3 is 9.88 Å². The van der Waals surface area contributed by atoms with Gasteiger partial charge in [0.1, 0.15) is 0 Å². The Hall–Kier alpha value is -2.62. The molecule has 1 aliphatic rings. The average Bonchev–Trinajstić information content (AvgIpc) is 2.92. The molecule has 2 aromatic rings. The maximum absolute atomic E-state index is 12.8. The van der Waals surface area contributed by atoms with Gasteiger partial charge in [0.2, 0.25) is 0 Å². The normalized spacial score (nSPS) is 14.7. The van der Waals surface area contributed by atoms with Crippen LogP contribution in [0.2, 0.25) is 0 Å². The topological polar surface area (TPSA) is 51.1 Å². The van der Waals surface area contributed by atoms with Crippen LogP contribution < -0.4 is 5.32 Å². The van der Waals surface area contributed by atoms with E-state index in [1.807, 2.05) is 42.8 Å². The number of Topliss-reactive ketones (excluding diaryl/α,β-unsaturated/α-hetero) is 1. The van der Waals surface area contributed by atoms with E-state index < -0.39 is 0 Å². The lowest BCUT2D eigenvalue weighted by molar-refractivity contribution is -0.115. The highest BCUT2D eigenvalue weighted by molar-refractivity contribution is 6.07. The Morgan fingerprint density at radius 2 is 2.08 bits per heavy atom. The largest absolute Gasteiger partial charge is 0.350 e. The number of aromatic nitrogens is 1. The standard InChI is InChI=1S/C21H24N2O2/c1-13(2)18-12-23(4)20-15(18)8-6-9-16(20)21(25)22-11-17-14(3)7-5-10-19(17)24/h5-9,12-13H,10-11H2,1-4H3,(H,22,25). The van der Waals surface area contributed by atoms with Gasteiger partial charge in [-0.15, -0.1) is 0 Å². The van der Waals surface area contributed by atoms with Crippen LogP contribution >= 0.6 is 0 Å². The second kappa shape index (κ2) is 6.71. The van der Waals surface area contributed by atoms with Crippen molar-refractivity contribution in [3.8, 4) is 0 Å². The first-order valence-corrected chi connectivity index (χ1v) is 8.65. The van der Waals surface area contributed by atoms with Crippen LogP contribution in [-0.4, -0.2) is 22.8 Å². The fraction of sp³-hybridized carbons (Fsp3) is 0.333. The van der Waals surface area contributed by atoms with E-state index in [1.54, 1.807) is 0 Å². The summed E-state index contributed by atoms with van der Waals surface area (Å²) in [5.74, 6) is 0.325. The second-order valence-corrected chi connectivity index (χ2v) is 6.93. The zero-order valence-electron chi connectivity index (χ0n) is 15.2. The van der Waals surface area contributed by atoms with Crippen LogP contribution in [0.3, 0.4) is 0 Å². The lowest BCUT2D eigenvalue weighted by Crippen LogP contribution is -2.29. The Labute approximate surface area is 148 Å². The zero-order chi connectivity index (χ0) is 18.1. The summed E-state index contributed by atoms with van der Waals surface area (Å²) in [6.07, 6.45) is 6.30. The van der Waals surface area contributed by atoms with Crippen LogP contribution in [0, 0.1) is 0 Å². The Morgan fingerprint density at radius 1 is 1.32 bits per heavy atom. The zero-order valence-corrected chi connectivity index (χ0v) is 15.2. The molecule has 3 rings (SSSR count). The van der Waals surface area contributed by atoms with E-state index in [1.165, 1.54) is 5.56 Å². The number of para-hydroxylation sites is 1. The van der Waals surface area contributed by atoms with Crippen molar-refractivity contribution in [1.82, 2.24) is 9.88 Å². The number of carbonyl (C=O) groups excluding carboxylic acids is 2. The SMILES string of the molecule is CC1=C(CNC(=O)c2cccc3c(C(C)C)cn(C)c23)C(=O)CC=C1. The highest BCUT2D eigenvalue weighted by Crippen LogP contribution is 2.29. The van der Waals surface area contributed by atoms with Crippen molar-refractivity contribution >= 4 is 22.6 Å². The van der Waals surface area contributed by atoms with Gasteiger partial charge in [-0.2, -0.15) is 0 Å². The number of ketones is 1. The summed E-state index contributed by atoms with van der Waals surface area (Å²) >= 11 is 0. The summed E-state index contributed by atoms with van der Waals surface area (Å²) in [4.78, 5) is 24.8. The molecule has 1 heterocycles. The molecular formula is C21H24N2O2. The molecular weight excluding hydrogens is 312 g/mol. The van der Waals surface area contributed by atoms with Crippen LogP contribution in [-0.2, 0) is 11.8 Å². The van der Waals surface area contributed by atoms with Crippen LogP contribution in [0.1, 0.15) is 49.0 Å². The third kappa shape index (κ3) is 3.16. The molecule has 1 aromatic heterocycles. The molecule has 130 valence electrons. The van der Waals surface area contributed by atoms with Gasteiger partial charge >= 0.3 is 0 Å². The van der Waals surface area contributed by atoms with E-state index in [0.717, 1.165) is 16.5 Å². The lowest BCUT2D eigenvalue weighted by Gasteiger charge is -2.14. The number of carbonyl (C=O) groups is 2. The molecule has 0 bridgehead atoms. The molecule has 0 fully saturated rings. The second-order valence-electron chi connectivity index (χ2n) is 6.93. The highest BCUT2D eigenvalue weighted by Gasteiger charge is 2.19. The number of fused-ring (bicyclic) bond motifs is 1. The number of rotatable bonds is 4. The van der Waals surface area contributed by atoms with E-state index in [4.69, 9.17) is 0 Å². The van der Waals surface area contributed by atoms with Gasteiger partial charge in [-0.1, -0.05) is 38.1 Å². The molecule has 0 spiro atoms. The summed E-state index contributed by atoms with van der Waals surface area (Å²) in [5, 5.41) is 4.03. The maximum Gasteiger partial charge on any atom is 0.253 e. The van der Waals surface area contributed by atoms with Gasteiger partial charge in [0.05, 0.1) is 11.1 Å². The fourth-order valence-corrected chi connectivity index (χ4v) is 3.43. The predicted molar refractivity (Wildman–Crippen MR) is 101 cm³/mol. The molecule has 1 aliphatic carbocycles. The number of aryl methyl sites for hydroxylation is 1. The number of nitrogens with zero attached hydrogens (tertiary/aromatic N) is 1. The molecule has 0 unspecified atom stereocenters. The summed E-state index contributed by atoms with van der Waals surface area (Å²) < 4.78 is 2.01. The van der Waals surface area contributed by atoms with Gasteiger partial charge in [0.15, 0.2) is 5.78 Å². The smallest absolute Gasteiger partial charge is 0.253 e. The molecule has 25 heavy (non-hydrogen) atoms. The van der Waals surface area contributed by atoms with E-state index in [2.05, 4.69) is 31.4 Å². The molecule has 1 amide bonds. The summed E-state index contributed by atoms with van der Waals surface area (Å²) in [6.45, 7) is 6.48. The Balaban J connectivity index is 1.91. The van der Waals surface area contributed by atoms with E-state index in [0.29, 0.717) is 23.5 Å². The summed E-state index contributed by atoms with van der Waals surface area (Å²) in [7, 11) is 1.97. The van der Waals surface area contributed by atoms with Gasteiger partial charge in [-0.05, 0) is 30.0 Å². The van der Waals surface area contributed by atoms with Crippen molar-refractivity contribution in [2.75, 3.05) is 6.54 Å². The molecule has 1 aromatic carbocycles. The number of benzene rings is 1. The maximum atomic E-state index is 12.8. The fourth-order valence-electron chi connectivity index (χ4n) is 3.43. The number of allylic oxidation sites excluding steroid dienone is 3. The number of nitrogens with one attached hydrogen (secondary N) is 1. The number of hydrogen-bond acceptors (Lipinski definition) is 2. The predicted octanol–water partition coefficient (Wildman–Crippen LogP) is 3.88. The third-order valence-corrected chi connectivity index (χ3v) is 4.81. The van der Waals surface area contributed by atoms with Crippen molar-refractivity contribution in [3.05, 3.63) is 58.8 Å². The first-order chi connectivity index (χ1) is 11.9. The van der Waals surface area contributed by atoms with Crippen molar-refractivity contribution < 1.29 is 9.59 Å². The first-order valence-electron chi connectivity index (χ1n) is 8.65. The summed E-state index contributed by atoms with van der Waals surface area (Å²) in [6, 6.07) is 5.82. The lowest BCUT2D eigenvalue weighted by atomic mass is 9.97. The molecule has 4 nitrogen and oxygen atoms in total. The molecule has 4 heteroatoms. The van der Waals surface area contributed by atoms with Crippen molar-refractivity contribution in [2.45, 2.75) is 33.1 Å². The van der Waals surface area contributed by atoms with Crippen LogP contribution in [0.15, 0.2) is 47.7 Å². The van der Waals surface area contributed by atoms with Gasteiger partial charge in [0.25, 0.3) is 5.91 Å². The Bertz CT molecular complexity index is 913. The highest BCUT2D eigenvalue weighted by atomic mass is 16.2. The van der Waals surface area contributed by atoms with E-state index in [-0.39, 0.29) is 18.2 Å². The van der Waals surface area contributed by atoms with Crippen molar-refractivity contribution in [2.24, 2.45) is 7.05 Å². The van der Waals surface area contributed by atoms with Crippen molar-refractivity contribution in [1.29, 1.82) is 0 Å². The molecule has 0 aliphatic heterocycles. The quantitative estimate of drug-likeness (QED) is 0.921. The van der Waals surface area contributed by atoms with Crippen LogP contribution in [0.25, 0.3) is 10.9 Å². The van der Waals surface area contributed by atoms with Crippen molar-refractivity contribution in [3.63, 3.8) is 0 Å². The Morgan fingerprint density at radius 3 is 2.76 bits per heavy atom. The summed E-state index contributed by atoms with van der Waals surface area (Å²) in [5.41, 5.74) is 4.43. The monoisotopic (exact) mass is 336 g/mol. The molecule has 1 N–H and O–H groups in total. The molecule has 0 atom stereocenters. The molecule has 0 radical (unpaired) electrons. The van der Waals surface area contributed by atoms with Crippen LogP contribution in [0.5, 0.6) is 0 Å². The van der Waals surface area contributed by atoms with Crippen LogP contribution in [0.4, 0.5) is 0 Å². The van der Waals surface area contributed by atoms with Gasteiger partial charge in [0, 0.05) is 37.2 Å². The van der Waals surface area contributed by atoms with Gasteiger partial charge in [-0.25, -0.2) is 0 Å². The minimum absolute atomic E-state index is 0.0828. The number of hydrogen-bond donors (Lipinski definition) is 1.